The normalized spacial score (nSPS) is 11.3. The second-order valence-electron chi connectivity index (χ2n) is 5.47. The Hall–Kier alpha value is -3.32. The van der Waals surface area contributed by atoms with Crippen LogP contribution in [0.4, 0.5) is 0 Å². The molecule has 0 saturated heterocycles. The second-order valence-corrected chi connectivity index (χ2v) is 6.43. The third-order valence-electron chi connectivity index (χ3n) is 3.73. The van der Waals surface area contributed by atoms with E-state index in [1.807, 2.05) is 42.5 Å². The van der Waals surface area contributed by atoms with Gasteiger partial charge >= 0.3 is 0 Å². The van der Waals surface area contributed by atoms with E-state index in [9.17, 15) is 4.79 Å². The summed E-state index contributed by atoms with van der Waals surface area (Å²) in [6.45, 7) is 0. The Balaban J connectivity index is 1.70. The third kappa shape index (κ3) is 3.25. The average molecular weight is 362 g/mol. The molecule has 0 spiro atoms. The van der Waals surface area contributed by atoms with Gasteiger partial charge in [-0.2, -0.15) is 9.61 Å². The van der Waals surface area contributed by atoms with Gasteiger partial charge in [-0.15, -0.1) is 0 Å². The maximum atomic E-state index is 12.4. The fourth-order valence-electron chi connectivity index (χ4n) is 2.42. The van der Waals surface area contributed by atoms with Crippen LogP contribution >= 0.6 is 11.3 Å². The van der Waals surface area contributed by atoms with Crippen LogP contribution in [-0.4, -0.2) is 26.7 Å². The zero-order chi connectivity index (χ0) is 17.9. The Bertz CT molecular complexity index is 1130. The number of hydrogen-bond donors (Lipinski definition) is 0. The molecule has 26 heavy (non-hydrogen) atoms. The molecule has 4 rings (SSSR count). The van der Waals surface area contributed by atoms with Crippen molar-refractivity contribution >= 4 is 28.4 Å². The summed E-state index contributed by atoms with van der Waals surface area (Å²) in [7, 11) is 1.62. The van der Waals surface area contributed by atoms with Gasteiger partial charge in [0.05, 0.1) is 12.8 Å². The molecule has 0 aliphatic carbocycles. The smallest absolute Gasteiger partial charge is 0.275 e. The first-order valence-corrected chi connectivity index (χ1v) is 8.68. The number of nitrogens with zero attached hydrogens (tertiary/aromatic N) is 4. The summed E-state index contributed by atoms with van der Waals surface area (Å²) in [5.41, 5.74) is 2.23. The van der Waals surface area contributed by atoms with Crippen molar-refractivity contribution in [3.63, 3.8) is 0 Å². The van der Waals surface area contributed by atoms with E-state index in [1.54, 1.807) is 25.6 Å². The summed E-state index contributed by atoms with van der Waals surface area (Å²) in [6, 6.07) is 12.8. The lowest BCUT2D eigenvalue weighted by molar-refractivity contribution is 0.415. The van der Waals surface area contributed by atoms with Crippen LogP contribution < -0.4 is 10.3 Å². The van der Waals surface area contributed by atoms with Crippen molar-refractivity contribution < 1.29 is 4.74 Å². The first kappa shape index (κ1) is 16.2. The van der Waals surface area contributed by atoms with Crippen molar-refractivity contribution in [2.45, 2.75) is 0 Å². The molecule has 3 aromatic heterocycles. The standard InChI is InChI=1S/C19H14N4O2S/c1-25-16-8-5-14(6-9-16)18-22-23-17(24)11-15(21-19(23)26-18)7-4-13-3-2-10-20-12-13/h2-12H,1H3. The van der Waals surface area contributed by atoms with Crippen LogP contribution in [0.2, 0.25) is 0 Å². The van der Waals surface area contributed by atoms with Crippen molar-refractivity contribution in [1.29, 1.82) is 0 Å². The van der Waals surface area contributed by atoms with Crippen LogP contribution in [0.15, 0.2) is 59.7 Å². The Morgan fingerprint density at radius 1 is 1.15 bits per heavy atom. The van der Waals surface area contributed by atoms with E-state index in [-0.39, 0.29) is 5.56 Å². The number of fused-ring (bicyclic) bond motifs is 1. The van der Waals surface area contributed by atoms with Crippen LogP contribution in [0.1, 0.15) is 11.3 Å². The van der Waals surface area contributed by atoms with Crippen LogP contribution in [-0.2, 0) is 0 Å². The Kier molecular flexibility index (Phi) is 4.28. The van der Waals surface area contributed by atoms with Gasteiger partial charge in [0.15, 0.2) is 0 Å². The molecule has 7 heteroatoms. The summed E-state index contributed by atoms with van der Waals surface area (Å²) >= 11 is 1.37. The lowest BCUT2D eigenvalue weighted by Crippen LogP contribution is -2.14. The van der Waals surface area contributed by atoms with Crippen molar-refractivity contribution in [1.82, 2.24) is 19.6 Å². The highest BCUT2D eigenvalue weighted by molar-refractivity contribution is 7.19. The minimum atomic E-state index is -0.211. The minimum Gasteiger partial charge on any atom is -0.497 e. The SMILES string of the molecule is COc1ccc(-c2nn3c(=O)cc(C=Cc4cccnc4)nc3s2)cc1. The predicted octanol–water partition coefficient (Wildman–Crippen LogP) is 3.39. The van der Waals surface area contributed by atoms with E-state index in [1.165, 1.54) is 21.9 Å². The maximum Gasteiger partial charge on any atom is 0.275 e. The molecule has 1 aromatic carbocycles. The lowest BCUT2D eigenvalue weighted by atomic mass is 10.2. The number of rotatable bonds is 4. The van der Waals surface area contributed by atoms with Gasteiger partial charge in [-0.3, -0.25) is 9.78 Å². The van der Waals surface area contributed by atoms with Gasteiger partial charge in [0.2, 0.25) is 4.96 Å². The van der Waals surface area contributed by atoms with Crippen molar-refractivity contribution in [3.05, 3.63) is 76.5 Å². The molecule has 0 aliphatic heterocycles. The van der Waals surface area contributed by atoms with Gasteiger partial charge in [0, 0.05) is 24.0 Å². The quantitative estimate of drug-likeness (QED) is 0.557. The molecule has 0 unspecified atom stereocenters. The monoisotopic (exact) mass is 362 g/mol. The summed E-state index contributed by atoms with van der Waals surface area (Å²) in [5.74, 6) is 0.771. The van der Waals surface area contributed by atoms with E-state index < -0.39 is 0 Å². The topological polar surface area (TPSA) is 69.4 Å². The Morgan fingerprint density at radius 3 is 2.73 bits per heavy atom. The minimum absolute atomic E-state index is 0.211. The number of ether oxygens (including phenoxy) is 1. The molecule has 0 aliphatic rings. The van der Waals surface area contributed by atoms with Crippen LogP contribution in [0, 0.1) is 0 Å². The highest BCUT2D eigenvalue weighted by Gasteiger charge is 2.10. The zero-order valence-electron chi connectivity index (χ0n) is 13.9. The Morgan fingerprint density at radius 2 is 2.00 bits per heavy atom. The summed E-state index contributed by atoms with van der Waals surface area (Å²) in [4.78, 5) is 21.5. The summed E-state index contributed by atoms with van der Waals surface area (Å²) in [6.07, 6.45) is 7.13. The molecule has 0 bridgehead atoms. The fourth-order valence-corrected chi connectivity index (χ4v) is 3.34. The molecule has 0 atom stereocenters. The fraction of sp³-hybridized carbons (Fsp3) is 0.0526. The zero-order valence-corrected chi connectivity index (χ0v) is 14.7. The van der Waals surface area contributed by atoms with Crippen molar-refractivity contribution in [2.75, 3.05) is 7.11 Å². The molecule has 0 fully saturated rings. The highest BCUT2D eigenvalue weighted by Crippen LogP contribution is 2.26. The van der Waals surface area contributed by atoms with Gasteiger partial charge in [-0.1, -0.05) is 23.5 Å². The van der Waals surface area contributed by atoms with Gasteiger partial charge in [-0.05, 0) is 42.0 Å². The maximum absolute atomic E-state index is 12.4. The first-order valence-electron chi connectivity index (χ1n) is 7.86. The Labute approximate surface area is 153 Å². The summed E-state index contributed by atoms with van der Waals surface area (Å²) in [5, 5.41) is 5.11. The molecule has 128 valence electrons. The molecule has 4 aromatic rings. The van der Waals surface area contributed by atoms with Crippen molar-refractivity contribution in [3.8, 4) is 16.3 Å². The van der Waals surface area contributed by atoms with E-state index in [0.717, 1.165) is 21.9 Å². The van der Waals surface area contributed by atoms with E-state index in [0.29, 0.717) is 10.7 Å². The van der Waals surface area contributed by atoms with E-state index >= 15 is 0 Å². The number of benzene rings is 1. The first-order chi connectivity index (χ1) is 12.7. The molecule has 0 N–H and O–H groups in total. The van der Waals surface area contributed by atoms with Gasteiger partial charge < -0.3 is 4.74 Å². The lowest BCUT2D eigenvalue weighted by Gasteiger charge is -1.99. The highest BCUT2D eigenvalue weighted by atomic mass is 32.1. The molecule has 0 amide bonds. The number of methoxy groups -OCH3 is 1. The van der Waals surface area contributed by atoms with E-state index in [4.69, 9.17) is 4.74 Å². The molecular weight excluding hydrogens is 348 g/mol. The van der Waals surface area contributed by atoms with Crippen LogP contribution in [0.5, 0.6) is 5.75 Å². The predicted molar refractivity (Wildman–Crippen MR) is 102 cm³/mol. The van der Waals surface area contributed by atoms with Crippen LogP contribution in [0.3, 0.4) is 0 Å². The van der Waals surface area contributed by atoms with Gasteiger partial charge in [-0.25, -0.2) is 4.98 Å². The molecule has 0 saturated carbocycles. The molecule has 6 nitrogen and oxygen atoms in total. The largest absolute Gasteiger partial charge is 0.497 e. The van der Waals surface area contributed by atoms with Crippen LogP contribution in [0.25, 0.3) is 27.7 Å². The van der Waals surface area contributed by atoms with Gasteiger partial charge in [0.25, 0.3) is 5.56 Å². The summed E-state index contributed by atoms with van der Waals surface area (Å²) < 4.78 is 6.49. The van der Waals surface area contributed by atoms with E-state index in [2.05, 4.69) is 15.1 Å². The third-order valence-corrected chi connectivity index (χ3v) is 4.69. The number of pyridine rings is 1. The molecule has 0 radical (unpaired) electrons. The second kappa shape index (κ2) is 6.89. The average Bonchev–Trinajstić information content (AvgIpc) is 3.12. The number of aromatic nitrogens is 4. The van der Waals surface area contributed by atoms with Gasteiger partial charge in [0.1, 0.15) is 10.8 Å². The molecular formula is C19H14N4O2S. The van der Waals surface area contributed by atoms with Crippen molar-refractivity contribution in [2.24, 2.45) is 0 Å². The molecule has 3 heterocycles. The number of hydrogen-bond acceptors (Lipinski definition) is 6.